The molecule has 0 aromatic carbocycles. The van der Waals surface area contributed by atoms with Crippen molar-refractivity contribution in [1.82, 2.24) is 14.9 Å². The molecule has 1 atom stereocenters. The third-order valence-corrected chi connectivity index (χ3v) is 5.44. The van der Waals surface area contributed by atoms with E-state index in [1.807, 2.05) is 6.92 Å². The van der Waals surface area contributed by atoms with Crippen molar-refractivity contribution < 1.29 is 17.9 Å². The molecule has 1 aliphatic heterocycles. The zero-order chi connectivity index (χ0) is 18.5. The molecule has 0 amide bonds. The summed E-state index contributed by atoms with van der Waals surface area (Å²) in [7, 11) is -1.39. The van der Waals surface area contributed by atoms with E-state index < -0.39 is 10.0 Å². The highest BCUT2D eigenvalue weighted by Crippen LogP contribution is 2.12. The van der Waals surface area contributed by atoms with Gasteiger partial charge in [-0.05, 0) is 19.3 Å². The lowest BCUT2D eigenvalue weighted by atomic mass is 10.1. The average Bonchev–Trinajstić information content (AvgIpc) is 3.08. The quantitative estimate of drug-likeness (QED) is 0.288. The van der Waals surface area contributed by atoms with Gasteiger partial charge in [0.25, 0.3) is 0 Å². The molecule has 0 aliphatic carbocycles. The third kappa shape index (κ3) is 9.98. The minimum atomic E-state index is -3.11. The van der Waals surface area contributed by atoms with Gasteiger partial charge in [-0.2, -0.15) is 0 Å². The van der Waals surface area contributed by atoms with E-state index in [1.165, 1.54) is 10.6 Å². The van der Waals surface area contributed by atoms with Crippen molar-refractivity contribution in [1.29, 1.82) is 0 Å². The molecule has 1 aliphatic rings. The fraction of sp³-hybridized carbons (Fsp3) is 0.938. The number of ether oxygens (including phenoxy) is 2. The summed E-state index contributed by atoms with van der Waals surface area (Å²) in [6.07, 6.45) is 3.98. The van der Waals surface area contributed by atoms with Gasteiger partial charge in [0.2, 0.25) is 10.0 Å². The van der Waals surface area contributed by atoms with E-state index in [0.717, 1.165) is 58.2 Å². The van der Waals surface area contributed by atoms with Crippen LogP contribution in [-0.4, -0.2) is 84.6 Å². The van der Waals surface area contributed by atoms with Crippen LogP contribution in [0.3, 0.4) is 0 Å². The van der Waals surface area contributed by atoms with Gasteiger partial charge in [-0.25, -0.2) is 12.7 Å². The van der Waals surface area contributed by atoms with Crippen LogP contribution in [0.15, 0.2) is 4.99 Å². The van der Waals surface area contributed by atoms with Gasteiger partial charge in [0, 0.05) is 52.4 Å². The monoisotopic (exact) mass is 378 g/mol. The molecule has 0 radical (unpaired) electrons. The molecule has 1 unspecified atom stereocenters. The van der Waals surface area contributed by atoms with E-state index in [9.17, 15) is 8.42 Å². The second kappa shape index (κ2) is 12.5. The van der Waals surface area contributed by atoms with Gasteiger partial charge in [-0.1, -0.05) is 6.92 Å². The predicted molar refractivity (Wildman–Crippen MR) is 100 cm³/mol. The Balaban J connectivity index is 2.04. The first-order chi connectivity index (χ1) is 12.0. The smallest absolute Gasteiger partial charge is 0.211 e. The zero-order valence-electron chi connectivity index (χ0n) is 15.8. The first-order valence-corrected chi connectivity index (χ1v) is 10.9. The predicted octanol–water partition coefficient (Wildman–Crippen LogP) is 0.266. The molecule has 1 saturated heterocycles. The van der Waals surface area contributed by atoms with Crippen molar-refractivity contribution in [3.63, 3.8) is 0 Å². The molecule has 1 fully saturated rings. The molecule has 0 saturated carbocycles. The Morgan fingerprint density at radius 2 is 2.04 bits per heavy atom. The Kier molecular flexibility index (Phi) is 11.0. The molecule has 0 bridgehead atoms. The van der Waals surface area contributed by atoms with Crippen LogP contribution in [0.4, 0.5) is 0 Å². The fourth-order valence-corrected chi connectivity index (χ4v) is 3.52. The molecule has 0 spiro atoms. The molecule has 8 nitrogen and oxygen atoms in total. The Bertz CT molecular complexity index is 479. The van der Waals surface area contributed by atoms with Gasteiger partial charge in [-0.15, -0.1) is 0 Å². The lowest BCUT2D eigenvalue weighted by Crippen LogP contribution is -2.40. The summed E-state index contributed by atoms with van der Waals surface area (Å²) in [5.41, 5.74) is 0. The minimum absolute atomic E-state index is 0.499. The van der Waals surface area contributed by atoms with Gasteiger partial charge in [0.1, 0.15) is 0 Å². The lowest BCUT2D eigenvalue weighted by molar-refractivity contribution is 0.0888. The Morgan fingerprint density at radius 3 is 2.60 bits per heavy atom. The number of nitrogens with zero attached hydrogens (tertiary/aromatic N) is 2. The molecule has 25 heavy (non-hydrogen) atoms. The van der Waals surface area contributed by atoms with Crippen LogP contribution >= 0.6 is 0 Å². The van der Waals surface area contributed by atoms with Crippen molar-refractivity contribution in [3.05, 3.63) is 0 Å². The second-order valence-corrected chi connectivity index (χ2v) is 8.17. The van der Waals surface area contributed by atoms with E-state index in [2.05, 4.69) is 15.6 Å². The summed E-state index contributed by atoms with van der Waals surface area (Å²) in [6.45, 7) is 7.49. The summed E-state index contributed by atoms with van der Waals surface area (Å²) in [5.74, 6) is 1.28. The van der Waals surface area contributed by atoms with E-state index in [-0.39, 0.29) is 0 Å². The van der Waals surface area contributed by atoms with Crippen molar-refractivity contribution in [2.45, 2.75) is 26.2 Å². The van der Waals surface area contributed by atoms with Crippen LogP contribution in [0.1, 0.15) is 26.2 Å². The third-order valence-electron chi connectivity index (χ3n) is 4.06. The van der Waals surface area contributed by atoms with Gasteiger partial charge in [0.05, 0.1) is 19.5 Å². The summed E-state index contributed by atoms with van der Waals surface area (Å²) >= 11 is 0. The molecule has 0 aromatic heterocycles. The number of sulfonamides is 1. The summed E-state index contributed by atoms with van der Waals surface area (Å²) < 4.78 is 35.5. The summed E-state index contributed by atoms with van der Waals surface area (Å²) in [4.78, 5) is 4.16. The molecule has 2 N–H and O–H groups in total. The Morgan fingerprint density at radius 1 is 1.32 bits per heavy atom. The van der Waals surface area contributed by atoms with Gasteiger partial charge >= 0.3 is 0 Å². The molecular formula is C16H34N4O4S. The maximum Gasteiger partial charge on any atom is 0.211 e. The normalized spacial score (nSPS) is 18.7. The number of guanidine groups is 1. The standard InChI is InChI=1S/C16H34N4O4S/c1-4-20(25(3,21)22)10-5-8-18-16(17-2)19-9-6-11-23-13-15-7-12-24-14-15/h15H,4-14H2,1-3H3,(H2,17,18,19). The van der Waals surface area contributed by atoms with Gasteiger partial charge < -0.3 is 20.1 Å². The molecule has 1 rings (SSSR count). The highest BCUT2D eigenvalue weighted by Gasteiger charge is 2.15. The van der Waals surface area contributed by atoms with Crippen molar-refractivity contribution in [2.75, 3.05) is 65.9 Å². The summed E-state index contributed by atoms with van der Waals surface area (Å²) in [5, 5.41) is 6.43. The topological polar surface area (TPSA) is 92.3 Å². The van der Waals surface area contributed by atoms with E-state index >= 15 is 0 Å². The van der Waals surface area contributed by atoms with Crippen LogP contribution in [0, 0.1) is 5.92 Å². The maximum absolute atomic E-state index is 11.5. The first kappa shape index (κ1) is 22.1. The SMILES string of the molecule is CCN(CCCNC(=NC)NCCCOCC1CCOC1)S(C)(=O)=O. The lowest BCUT2D eigenvalue weighted by Gasteiger charge is -2.18. The first-order valence-electron chi connectivity index (χ1n) is 9.02. The van der Waals surface area contributed by atoms with Gasteiger partial charge in [0.15, 0.2) is 5.96 Å². The van der Waals surface area contributed by atoms with E-state index in [4.69, 9.17) is 9.47 Å². The Labute approximate surface area is 152 Å². The van der Waals surface area contributed by atoms with Crippen LogP contribution in [-0.2, 0) is 19.5 Å². The van der Waals surface area contributed by atoms with Crippen LogP contribution in [0.2, 0.25) is 0 Å². The molecule has 1 heterocycles. The van der Waals surface area contributed by atoms with Crippen LogP contribution in [0.25, 0.3) is 0 Å². The van der Waals surface area contributed by atoms with E-state index in [1.54, 1.807) is 7.05 Å². The number of nitrogens with one attached hydrogen (secondary N) is 2. The number of hydrogen-bond donors (Lipinski definition) is 2. The maximum atomic E-state index is 11.5. The molecule has 0 aromatic rings. The minimum Gasteiger partial charge on any atom is -0.381 e. The van der Waals surface area contributed by atoms with Crippen molar-refractivity contribution >= 4 is 16.0 Å². The van der Waals surface area contributed by atoms with E-state index in [0.29, 0.717) is 25.6 Å². The Hall–Kier alpha value is -0.900. The zero-order valence-corrected chi connectivity index (χ0v) is 16.6. The van der Waals surface area contributed by atoms with Crippen LogP contribution < -0.4 is 10.6 Å². The fourth-order valence-electron chi connectivity index (χ4n) is 2.59. The van der Waals surface area contributed by atoms with Crippen LogP contribution in [0.5, 0.6) is 0 Å². The summed E-state index contributed by atoms with van der Waals surface area (Å²) in [6, 6.07) is 0. The largest absolute Gasteiger partial charge is 0.381 e. The number of hydrogen-bond acceptors (Lipinski definition) is 5. The van der Waals surface area contributed by atoms with Crippen molar-refractivity contribution in [2.24, 2.45) is 10.9 Å². The van der Waals surface area contributed by atoms with Gasteiger partial charge in [-0.3, -0.25) is 4.99 Å². The van der Waals surface area contributed by atoms with Crippen molar-refractivity contribution in [3.8, 4) is 0 Å². The molecule has 148 valence electrons. The number of rotatable bonds is 12. The average molecular weight is 379 g/mol. The number of aliphatic imine (C=N–C) groups is 1. The molecular weight excluding hydrogens is 344 g/mol. The highest BCUT2D eigenvalue weighted by atomic mass is 32.2. The second-order valence-electron chi connectivity index (χ2n) is 6.19. The highest BCUT2D eigenvalue weighted by molar-refractivity contribution is 7.88. The molecule has 9 heteroatoms.